The van der Waals surface area contributed by atoms with E-state index < -0.39 is 15.4 Å². The van der Waals surface area contributed by atoms with Crippen LogP contribution in [0.5, 0.6) is 0 Å². The molecule has 1 unspecified atom stereocenters. The average Bonchev–Trinajstić information content (AvgIpc) is 2.13. The molecule has 0 bridgehead atoms. The summed E-state index contributed by atoms with van der Waals surface area (Å²) in [7, 11) is -4.15. The van der Waals surface area contributed by atoms with Crippen molar-refractivity contribution >= 4 is 15.9 Å². The number of hydrogen-bond acceptors (Lipinski definition) is 3. The van der Waals surface area contributed by atoms with Crippen LogP contribution in [-0.4, -0.2) is 24.0 Å². The van der Waals surface area contributed by atoms with Crippen LogP contribution < -0.4 is 0 Å². The largest absolute Gasteiger partial charge is 0.294 e. The molecule has 1 aliphatic rings. The lowest BCUT2D eigenvalue weighted by Gasteiger charge is -2.30. The molecule has 0 aromatic heterocycles. The summed E-state index contributed by atoms with van der Waals surface area (Å²) < 4.78 is 30.9. The fourth-order valence-electron chi connectivity index (χ4n) is 2.32. The Balaban J connectivity index is 3.00. The molecule has 0 heterocycles. The molecule has 1 N–H and O–H groups in total. The summed E-state index contributed by atoms with van der Waals surface area (Å²) in [6, 6.07) is 0. The van der Waals surface area contributed by atoms with Gasteiger partial charge < -0.3 is 0 Å². The van der Waals surface area contributed by atoms with Gasteiger partial charge in [-0.15, -0.1) is 0 Å². The normalized spacial score (nSPS) is 20.9. The molecule has 0 aromatic rings. The third-order valence-electron chi connectivity index (χ3n) is 3.33. The van der Waals surface area contributed by atoms with E-state index in [-0.39, 0.29) is 17.6 Å². The van der Waals surface area contributed by atoms with Gasteiger partial charge in [0.15, 0.2) is 5.78 Å². The van der Waals surface area contributed by atoms with Crippen LogP contribution in [0.3, 0.4) is 0 Å². The molecule has 1 atom stereocenters. The van der Waals surface area contributed by atoms with Crippen LogP contribution in [-0.2, 0) is 14.9 Å². The van der Waals surface area contributed by atoms with Gasteiger partial charge in [-0.2, -0.15) is 8.42 Å². The van der Waals surface area contributed by atoms with E-state index in [0.717, 1.165) is 12.0 Å². The number of carbonyl (C=O) groups is 1. The summed E-state index contributed by atoms with van der Waals surface area (Å²) >= 11 is 0. The van der Waals surface area contributed by atoms with Gasteiger partial charge in [-0.05, 0) is 31.3 Å². The van der Waals surface area contributed by atoms with Gasteiger partial charge in [0.2, 0.25) is 0 Å². The molecule has 4 nitrogen and oxygen atoms in total. The molecule has 1 aliphatic carbocycles. The Hall–Kier alpha value is -0.940. The van der Waals surface area contributed by atoms with Crippen molar-refractivity contribution in [3.05, 3.63) is 23.3 Å². The number of ketones is 1. The van der Waals surface area contributed by atoms with Crippen LogP contribution in [0.1, 0.15) is 40.5 Å². The lowest BCUT2D eigenvalue weighted by Crippen LogP contribution is -2.28. The highest BCUT2D eigenvalue weighted by Crippen LogP contribution is 2.38. The molecule has 0 amide bonds. The second-order valence-corrected chi connectivity index (χ2v) is 7.34. The molecular formula is C13H20O4S. The Kier molecular flexibility index (Phi) is 4.18. The molecule has 102 valence electrons. The second kappa shape index (κ2) is 4.97. The highest BCUT2D eigenvalue weighted by molar-refractivity contribution is 7.86. The number of carbonyl (C=O) groups excluding carboxylic acids is 1. The smallest absolute Gasteiger partial charge is 0.267 e. The second-order valence-electron chi connectivity index (χ2n) is 5.50. The van der Waals surface area contributed by atoms with Gasteiger partial charge in [0.05, 0.1) is 5.25 Å². The van der Waals surface area contributed by atoms with Crippen molar-refractivity contribution in [2.45, 2.75) is 45.8 Å². The number of allylic oxidation sites excluding steroid dienone is 4. The standard InChI is InChI=1S/C13H20O4S/c1-9-6-5-7-13(3,4)12(9)11(14)8-10(2)18(15,16)17/h5-6,10H,7-8H2,1-4H3,(H,15,16,17). The minimum absolute atomic E-state index is 0.178. The summed E-state index contributed by atoms with van der Waals surface area (Å²) in [4.78, 5) is 12.2. The zero-order valence-corrected chi connectivity index (χ0v) is 12.0. The Labute approximate surface area is 109 Å². The maximum Gasteiger partial charge on any atom is 0.267 e. The van der Waals surface area contributed by atoms with Crippen molar-refractivity contribution in [2.24, 2.45) is 5.41 Å². The fraction of sp³-hybridized carbons (Fsp3) is 0.615. The topological polar surface area (TPSA) is 71.4 Å². The quantitative estimate of drug-likeness (QED) is 0.798. The summed E-state index contributed by atoms with van der Waals surface area (Å²) in [5.41, 5.74) is 1.26. The lowest BCUT2D eigenvalue weighted by molar-refractivity contribution is -0.116. The molecule has 18 heavy (non-hydrogen) atoms. The summed E-state index contributed by atoms with van der Waals surface area (Å²) in [6.07, 6.45) is 4.48. The molecule has 0 fully saturated rings. The third kappa shape index (κ3) is 3.29. The summed E-state index contributed by atoms with van der Waals surface area (Å²) in [5.74, 6) is -0.202. The van der Waals surface area contributed by atoms with Crippen LogP contribution in [0.15, 0.2) is 23.3 Å². The van der Waals surface area contributed by atoms with Crippen molar-refractivity contribution in [3.63, 3.8) is 0 Å². The minimum Gasteiger partial charge on any atom is -0.294 e. The van der Waals surface area contributed by atoms with Gasteiger partial charge in [-0.1, -0.05) is 26.0 Å². The van der Waals surface area contributed by atoms with Gasteiger partial charge in [0.1, 0.15) is 0 Å². The first kappa shape index (κ1) is 15.1. The minimum atomic E-state index is -4.15. The van der Waals surface area contributed by atoms with E-state index in [9.17, 15) is 13.2 Å². The molecule has 1 rings (SSSR count). The predicted octanol–water partition coefficient (Wildman–Crippen LogP) is 2.52. The highest BCUT2D eigenvalue weighted by atomic mass is 32.2. The first-order chi connectivity index (χ1) is 8.05. The molecule has 0 aromatic carbocycles. The monoisotopic (exact) mass is 272 g/mol. The summed E-state index contributed by atoms with van der Waals surface area (Å²) in [6.45, 7) is 7.12. The fourth-order valence-corrected chi connectivity index (χ4v) is 2.68. The maximum atomic E-state index is 12.2. The maximum absolute atomic E-state index is 12.2. The van der Waals surface area contributed by atoms with Crippen LogP contribution >= 0.6 is 0 Å². The molecule has 0 saturated carbocycles. The highest BCUT2D eigenvalue weighted by Gasteiger charge is 2.33. The van der Waals surface area contributed by atoms with E-state index in [2.05, 4.69) is 0 Å². The average molecular weight is 272 g/mol. The third-order valence-corrected chi connectivity index (χ3v) is 4.51. The Morgan fingerprint density at radius 3 is 2.50 bits per heavy atom. The van der Waals surface area contributed by atoms with E-state index in [1.54, 1.807) is 0 Å². The van der Waals surface area contributed by atoms with Crippen molar-refractivity contribution in [2.75, 3.05) is 0 Å². The zero-order chi connectivity index (χ0) is 14.1. The van der Waals surface area contributed by atoms with Crippen molar-refractivity contribution in [1.82, 2.24) is 0 Å². The Bertz CT molecular complexity index is 509. The molecule has 5 heteroatoms. The number of Topliss-reactive ketones (excluding diaryl/α,β-unsaturated/α-hetero) is 1. The molecule has 0 radical (unpaired) electrons. The Morgan fingerprint density at radius 2 is 2.06 bits per heavy atom. The van der Waals surface area contributed by atoms with Gasteiger partial charge in [0, 0.05) is 12.0 Å². The SMILES string of the molecule is CC1=C(C(=O)CC(C)S(=O)(=O)O)C(C)(C)CC=C1. The van der Waals surface area contributed by atoms with E-state index in [1.807, 2.05) is 32.9 Å². The van der Waals surface area contributed by atoms with E-state index in [4.69, 9.17) is 4.55 Å². The van der Waals surface area contributed by atoms with Crippen LogP contribution in [0.4, 0.5) is 0 Å². The molecule has 0 spiro atoms. The van der Waals surface area contributed by atoms with Gasteiger partial charge >= 0.3 is 0 Å². The van der Waals surface area contributed by atoms with Crippen molar-refractivity contribution < 1.29 is 17.8 Å². The van der Waals surface area contributed by atoms with Crippen LogP contribution in [0.2, 0.25) is 0 Å². The Morgan fingerprint density at radius 1 is 1.50 bits per heavy atom. The lowest BCUT2D eigenvalue weighted by atomic mass is 9.73. The van der Waals surface area contributed by atoms with Crippen LogP contribution in [0, 0.1) is 5.41 Å². The van der Waals surface area contributed by atoms with Crippen molar-refractivity contribution in [3.8, 4) is 0 Å². The predicted molar refractivity (Wildman–Crippen MR) is 70.9 cm³/mol. The molecule has 0 saturated heterocycles. The summed E-state index contributed by atoms with van der Waals surface area (Å²) in [5, 5.41) is -1.06. The first-order valence-electron chi connectivity index (χ1n) is 5.93. The van der Waals surface area contributed by atoms with E-state index >= 15 is 0 Å². The zero-order valence-electron chi connectivity index (χ0n) is 11.2. The van der Waals surface area contributed by atoms with E-state index in [1.165, 1.54) is 6.92 Å². The van der Waals surface area contributed by atoms with Crippen LogP contribution in [0.25, 0.3) is 0 Å². The van der Waals surface area contributed by atoms with Gasteiger partial charge in [0.25, 0.3) is 10.1 Å². The molecular weight excluding hydrogens is 252 g/mol. The number of hydrogen-bond donors (Lipinski definition) is 1. The molecule has 0 aliphatic heterocycles. The van der Waals surface area contributed by atoms with Gasteiger partial charge in [-0.3, -0.25) is 9.35 Å². The van der Waals surface area contributed by atoms with E-state index in [0.29, 0.717) is 5.57 Å². The van der Waals surface area contributed by atoms with Gasteiger partial charge in [-0.25, -0.2) is 0 Å². The first-order valence-corrected chi connectivity index (χ1v) is 7.43. The van der Waals surface area contributed by atoms with Crippen molar-refractivity contribution in [1.29, 1.82) is 0 Å². The number of rotatable bonds is 4.